The summed E-state index contributed by atoms with van der Waals surface area (Å²) in [5.41, 5.74) is 0.890. The van der Waals surface area contributed by atoms with Gasteiger partial charge in [0, 0.05) is 23.5 Å². The molecule has 0 unspecified atom stereocenters. The Kier molecular flexibility index (Phi) is 8.51. The molecule has 3 aromatic rings. The van der Waals surface area contributed by atoms with E-state index in [0.717, 1.165) is 29.2 Å². The van der Waals surface area contributed by atoms with Gasteiger partial charge in [-0.25, -0.2) is 0 Å². The number of fused-ring (bicyclic) bond motifs is 1. The molecule has 3 rings (SSSR count). The van der Waals surface area contributed by atoms with Crippen LogP contribution in [0, 0.1) is 0 Å². The van der Waals surface area contributed by atoms with Crippen LogP contribution in [0.5, 0.6) is 5.75 Å². The van der Waals surface area contributed by atoms with Gasteiger partial charge in [-0.15, -0.1) is 0 Å². The molecule has 0 aromatic heterocycles. The van der Waals surface area contributed by atoms with Crippen molar-refractivity contribution in [2.75, 3.05) is 13.2 Å². The zero-order valence-corrected chi connectivity index (χ0v) is 19.3. The van der Waals surface area contributed by atoms with Crippen LogP contribution in [0.1, 0.15) is 32.3 Å². The maximum absolute atomic E-state index is 13.2. The number of halogens is 1. The summed E-state index contributed by atoms with van der Waals surface area (Å²) in [6, 6.07) is 20.2. The van der Waals surface area contributed by atoms with Crippen LogP contribution in [-0.4, -0.2) is 35.9 Å². The number of nitrogens with one attached hydrogen (secondary N) is 1. The Morgan fingerprint density at radius 2 is 1.75 bits per heavy atom. The smallest absolute Gasteiger partial charge is 0.261 e. The molecule has 0 aliphatic heterocycles. The molecule has 2 amide bonds. The molecule has 0 saturated carbocycles. The first-order chi connectivity index (χ1) is 15.5. The second kappa shape index (κ2) is 11.5. The van der Waals surface area contributed by atoms with Crippen LogP contribution in [0.4, 0.5) is 0 Å². The molecular weight excluding hydrogens is 424 g/mol. The SMILES string of the molecule is CCCCNC(=O)[C@H](C)N(Cc1ccc(Cl)cc1)C(=O)COc1cccc2ccccc12. The van der Waals surface area contributed by atoms with Gasteiger partial charge in [0.2, 0.25) is 5.91 Å². The summed E-state index contributed by atoms with van der Waals surface area (Å²) in [7, 11) is 0. The van der Waals surface area contributed by atoms with Crippen LogP contribution < -0.4 is 10.1 Å². The molecule has 0 spiro atoms. The third-order valence-electron chi connectivity index (χ3n) is 5.36. The van der Waals surface area contributed by atoms with E-state index in [1.54, 1.807) is 24.0 Å². The van der Waals surface area contributed by atoms with Gasteiger partial charge in [0.05, 0.1) is 0 Å². The number of carbonyl (C=O) groups is 2. The molecule has 1 N–H and O–H groups in total. The molecule has 1 atom stereocenters. The van der Waals surface area contributed by atoms with Gasteiger partial charge in [-0.2, -0.15) is 0 Å². The fourth-order valence-electron chi connectivity index (χ4n) is 3.45. The van der Waals surface area contributed by atoms with Crippen molar-refractivity contribution in [1.29, 1.82) is 0 Å². The summed E-state index contributed by atoms with van der Waals surface area (Å²) < 4.78 is 5.90. The average molecular weight is 453 g/mol. The lowest BCUT2D eigenvalue weighted by Crippen LogP contribution is -2.49. The molecule has 32 heavy (non-hydrogen) atoms. The number of benzene rings is 3. The molecule has 0 saturated heterocycles. The monoisotopic (exact) mass is 452 g/mol. The Balaban J connectivity index is 1.75. The molecule has 168 valence electrons. The van der Waals surface area contributed by atoms with Gasteiger partial charge in [0.1, 0.15) is 11.8 Å². The third-order valence-corrected chi connectivity index (χ3v) is 5.62. The van der Waals surface area contributed by atoms with Crippen molar-refractivity contribution in [1.82, 2.24) is 10.2 Å². The fraction of sp³-hybridized carbons (Fsp3) is 0.308. The number of ether oxygens (including phenoxy) is 1. The maximum atomic E-state index is 13.2. The van der Waals surface area contributed by atoms with Gasteiger partial charge in [0.25, 0.3) is 5.91 Å². The predicted octanol–water partition coefficient (Wildman–Crippen LogP) is 5.21. The van der Waals surface area contributed by atoms with Gasteiger partial charge in [-0.3, -0.25) is 9.59 Å². The minimum Gasteiger partial charge on any atom is -0.483 e. The number of unbranched alkanes of at least 4 members (excludes halogenated alkanes) is 1. The number of hydrogen-bond acceptors (Lipinski definition) is 3. The largest absolute Gasteiger partial charge is 0.483 e. The van der Waals surface area contributed by atoms with E-state index in [1.807, 2.05) is 54.6 Å². The van der Waals surface area contributed by atoms with Gasteiger partial charge >= 0.3 is 0 Å². The molecule has 6 heteroatoms. The van der Waals surface area contributed by atoms with Crippen LogP contribution in [0.2, 0.25) is 5.02 Å². The van der Waals surface area contributed by atoms with Crippen LogP contribution in [0.15, 0.2) is 66.7 Å². The lowest BCUT2D eigenvalue weighted by molar-refractivity contribution is -0.142. The summed E-state index contributed by atoms with van der Waals surface area (Å²) >= 11 is 6.00. The topological polar surface area (TPSA) is 58.6 Å². The van der Waals surface area contributed by atoms with Crippen molar-refractivity contribution in [2.24, 2.45) is 0 Å². The van der Waals surface area contributed by atoms with Crippen molar-refractivity contribution < 1.29 is 14.3 Å². The Morgan fingerprint density at radius 1 is 1.03 bits per heavy atom. The van der Waals surface area contributed by atoms with Crippen molar-refractivity contribution in [2.45, 2.75) is 39.3 Å². The van der Waals surface area contributed by atoms with Gasteiger partial charge in [0.15, 0.2) is 6.61 Å². The number of rotatable bonds is 10. The highest BCUT2D eigenvalue weighted by Crippen LogP contribution is 2.25. The first-order valence-corrected chi connectivity index (χ1v) is 11.3. The highest BCUT2D eigenvalue weighted by Gasteiger charge is 2.26. The Morgan fingerprint density at radius 3 is 2.50 bits per heavy atom. The minimum atomic E-state index is -0.633. The van der Waals surface area contributed by atoms with E-state index in [4.69, 9.17) is 16.3 Å². The Labute approximate surface area is 194 Å². The summed E-state index contributed by atoms with van der Waals surface area (Å²) in [5, 5.41) is 5.52. The van der Waals surface area contributed by atoms with Crippen LogP contribution >= 0.6 is 11.6 Å². The van der Waals surface area contributed by atoms with E-state index < -0.39 is 6.04 Å². The van der Waals surface area contributed by atoms with Crippen LogP contribution in [-0.2, 0) is 16.1 Å². The van der Waals surface area contributed by atoms with E-state index in [9.17, 15) is 9.59 Å². The summed E-state index contributed by atoms with van der Waals surface area (Å²) in [6.07, 6.45) is 1.88. The molecule has 0 radical (unpaired) electrons. The van der Waals surface area contributed by atoms with E-state index in [1.165, 1.54) is 0 Å². The van der Waals surface area contributed by atoms with Crippen molar-refractivity contribution >= 4 is 34.2 Å². The van der Waals surface area contributed by atoms with Crippen LogP contribution in [0.25, 0.3) is 10.8 Å². The fourth-order valence-corrected chi connectivity index (χ4v) is 3.58. The van der Waals surface area contributed by atoms with Gasteiger partial charge in [-0.1, -0.05) is 73.5 Å². The first kappa shape index (κ1) is 23.6. The molecule has 0 fully saturated rings. The Bertz CT molecular complexity index is 1050. The number of amides is 2. The molecular formula is C26H29ClN2O3. The number of carbonyl (C=O) groups excluding carboxylic acids is 2. The maximum Gasteiger partial charge on any atom is 0.261 e. The quantitative estimate of drug-likeness (QED) is 0.430. The highest BCUT2D eigenvalue weighted by molar-refractivity contribution is 6.30. The third kappa shape index (κ3) is 6.24. The lowest BCUT2D eigenvalue weighted by Gasteiger charge is -2.29. The second-order valence-electron chi connectivity index (χ2n) is 7.73. The van der Waals surface area contributed by atoms with Crippen molar-refractivity contribution in [3.05, 3.63) is 77.3 Å². The first-order valence-electron chi connectivity index (χ1n) is 10.9. The second-order valence-corrected chi connectivity index (χ2v) is 8.17. The molecule has 0 bridgehead atoms. The molecule has 0 aliphatic carbocycles. The predicted molar refractivity (Wildman–Crippen MR) is 129 cm³/mol. The Hall–Kier alpha value is -3.05. The minimum absolute atomic E-state index is 0.159. The van der Waals surface area contributed by atoms with Crippen molar-refractivity contribution in [3.8, 4) is 5.75 Å². The van der Waals surface area contributed by atoms with Gasteiger partial charge < -0.3 is 15.0 Å². The van der Waals surface area contributed by atoms with E-state index >= 15 is 0 Å². The summed E-state index contributed by atoms with van der Waals surface area (Å²) in [4.78, 5) is 27.4. The standard InChI is InChI=1S/C26H29ClN2O3/c1-3-4-16-28-26(31)19(2)29(17-20-12-14-22(27)15-13-20)25(30)18-32-24-11-7-9-21-8-5-6-10-23(21)24/h5-15,19H,3-4,16-18H2,1-2H3,(H,28,31)/t19-/m0/s1. The van der Waals surface area contributed by atoms with E-state index in [2.05, 4.69) is 12.2 Å². The summed E-state index contributed by atoms with van der Waals surface area (Å²) in [5.74, 6) is 0.208. The average Bonchev–Trinajstić information content (AvgIpc) is 2.81. The van der Waals surface area contributed by atoms with Gasteiger partial charge in [-0.05, 0) is 42.5 Å². The molecule has 3 aromatic carbocycles. The highest BCUT2D eigenvalue weighted by atomic mass is 35.5. The zero-order chi connectivity index (χ0) is 22.9. The van der Waals surface area contributed by atoms with E-state index in [-0.39, 0.29) is 25.0 Å². The number of nitrogens with zero attached hydrogens (tertiary/aromatic N) is 1. The van der Waals surface area contributed by atoms with E-state index in [0.29, 0.717) is 17.3 Å². The molecule has 0 aliphatic rings. The molecule has 5 nitrogen and oxygen atoms in total. The summed E-state index contributed by atoms with van der Waals surface area (Å²) in [6.45, 7) is 4.53. The number of hydrogen-bond donors (Lipinski definition) is 1. The van der Waals surface area contributed by atoms with Crippen LogP contribution in [0.3, 0.4) is 0 Å². The lowest BCUT2D eigenvalue weighted by atomic mass is 10.1. The van der Waals surface area contributed by atoms with Crippen molar-refractivity contribution in [3.63, 3.8) is 0 Å². The zero-order valence-electron chi connectivity index (χ0n) is 18.5. The normalized spacial score (nSPS) is 11.7. The molecule has 0 heterocycles.